The lowest BCUT2D eigenvalue weighted by molar-refractivity contribution is -0.193. The summed E-state index contributed by atoms with van der Waals surface area (Å²) in [6.45, 7) is 7.77. The van der Waals surface area contributed by atoms with Gasteiger partial charge in [-0.1, -0.05) is 23.7 Å². The van der Waals surface area contributed by atoms with Crippen LogP contribution in [0.1, 0.15) is 34.1 Å². The van der Waals surface area contributed by atoms with E-state index in [0.29, 0.717) is 23.1 Å². The standard InChI is InChI=1S/C16H22ClN5O/c1-15(2)9-13(16(3,4)22(15)23)21-14(19-10-18)20-12-8-6-5-7-11(12)17/h5-8,13,23H,9H2,1-4H3,(H2,19,20,21). The summed E-state index contributed by atoms with van der Waals surface area (Å²) in [7, 11) is 0. The maximum Gasteiger partial charge on any atom is 0.209 e. The first-order chi connectivity index (χ1) is 10.7. The molecule has 1 aromatic rings. The van der Waals surface area contributed by atoms with E-state index >= 15 is 0 Å². The fraction of sp³-hybridized carbons (Fsp3) is 0.500. The number of nitriles is 1. The van der Waals surface area contributed by atoms with Crippen molar-refractivity contribution < 1.29 is 5.21 Å². The van der Waals surface area contributed by atoms with Gasteiger partial charge in [0.1, 0.15) is 0 Å². The summed E-state index contributed by atoms with van der Waals surface area (Å²) in [5, 5.41) is 26.8. The molecule has 2 rings (SSSR count). The highest BCUT2D eigenvalue weighted by atomic mass is 35.5. The summed E-state index contributed by atoms with van der Waals surface area (Å²) < 4.78 is 0. The number of guanidine groups is 1. The van der Waals surface area contributed by atoms with Gasteiger partial charge in [-0.2, -0.15) is 10.3 Å². The zero-order chi connectivity index (χ0) is 17.3. The third-order valence-electron chi connectivity index (χ3n) is 4.21. The van der Waals surface area contributed by atoms with Crippen LogP contribution in [0.15, 0.2) is 29.3 Å². The number of para-hydroxylation sites is 1. The van der Waals surface area contributed by atoms with Gasteiger partial charge in [0, 0.05) is 5.54 Å². The van der Waals surface area contributed by atoms with Gasteiger partial charge in [0.2, 0.25) is 5.96 Å². The summed E-state index contributed by atoms with van der Waals surface area (Å²) in [4.78, 5) is 4.61. The first kappa shape index (κ1) is 17.5. The number of aliphatic imine (C=N–C) groups is 1. The highest BCUT2D eigenvalue weighted by Gasteiger charge is 2.51. The number of benzene rings is 1. The van der Waals surface area contributed by atoms with Crippen molar-refractivity contribution in [3.63, 3.8) is 0 Å². The minimum atomic E-state index is -0.548. The Hall–Kier alpha value is -1.81. The van der Waals surface area contributed by atoms with Crippen LogP contribution < -0.4 is 10.6 Å². The molecular formula is C16H22ClN5O. The van der Waals surface area contributed by atoms with Gasteiger partial charge in [-0.05, 0) is 46.2 Å². The zero-order valence-corrected chi connectivity index (χ0v) is 14.5. The smallest absolute Gasteiger partial charge is 0.209 e. The molecule has 6 nitrogen and oxygen atoms in total. The molecule has 0 spiro atoms. The Morgan fingerprint density at radius 2 is 2.04 bits per heavy atom. The predicted molar refractivity (Wildman–Crippen MR) is 91.4 cm³/mol. The Balaban J connectivity index is 2.29. The highest BCUT2D eigenvalue weighted by molar-refractivity contribution is 6.33. The monoisotopic (exact) mass is 335 g/mol. The van der Waals surface area contributed by atoms with E-state index in [0.717, 1.165) is 0 Å². The van der Waals surface area contributed by atoms with Crippen molar-refractivity contribution in [2.75, 3.05) is 5.32 Å². The van der Waals surface area contributed by atoms with Gasteiger partial charge in [-0.3, -0.25) is 5.32 Å². The van der Waals surface area contributed by atoms with Crippen LogP contribution in [-0.2, 0) is 0 Å². The van der Waals surface area contributed by atoms with E-state index < -0.39 is 5.54 Å². The fourth-order valence-corrected chi connectivity index (χ4v) is 3.11. The van der Waals surface area contributed by atoms with Crippen molar-refractivity contribution in [3.8, 4) is 6.19 Å². The van der Waals surface area contributed by atoms with Gasteiger partial charge >= 0.3 is 0 Å². The summed E-state index contributed by atoms with van der Waals surface area (Å²) in [5.74, 6) is 0.310. The first-order valence-corrected chi connectivity index (χ1v) is 7.80. The van der Waals surface area contributed by atoms with Crippen molar-refractivity contribution >= 4 is 23.2 Å². The number of nitrogens with zero attached hydrogens (tertiary/aromatic N) is 3. The third-order valence-corrected chi connectivity index (χ3v) is 4.54. The second kappa shape index (κ2) is 6.36. The average molecular weight is 336 g/mol. The second-order valence-electron chi connectivity index (χ2n) is 6.82. The molecule has 0 bridgehead atoms. The van der Waals surface area contributed by atoms with Gasteiger partial charge < -0.3 is 10.5 Å². The Morgan fingerprint density at radius 1 is 1.39 bits per heavy atom. The molecule has 3 N–H and O–H groups in total. The molecule has 0 radical (unpaired) electrons. The van der Waals surface area contributed by atoms with Crippen LogP contribution in [0.3, 0.4) is 0 Å². The minimum Gasteiger partial charge on any atom is -0.324 e. The van der Waals surface area contributed by atoms with Crippen LogP contribution in [0.2, 0.25) is 5.02 Å². The van der Waals surface area contributed by atoms with E-state index in [4.69, 9.17) is 16.9 Å². The van der Waals surface area contributed by atoms with Crippen LogP contribution in [0.25, 0.3) is 0 Å². The van der Waals surface area contributed by atoms with Crippen LogP contribution in [0.4, 0.5) is 5.69 Å². The molecule has 0 saturated carbocycles. The largest absolute Gasteiger partial charge is 0.324 e. The molecule has 0 aliphatic carbocycles. The van der Waals surface area contributed by atoms with E-state index in [2.05, 4.69) is 15.6 Å². The molecule has 0 aromatic heterocycles. The first-order valence-electron chi connectivity index (χ1n) is 7.42. The quantitative estimate of drug-likeness (QED) is 0.334. The van der Waals surface area contributed by atoms with Crippen LogP contribution in [0, 0.1) is 11.5 Å². The summed E-state index contributed by atoms with van der Waals surface area (Å²) in [5.41, 5.74) is -0.278. The second-order valence-corrected chi connectivity index (χ2v) is 7.22. The van der Waals surface area contributed by atoms with Crippen molar-refractivity contribution in [3.05, 3.63) is 29.3 Å². The van der Waals surface area contributed by atoms with Gasteiger partial charge in [0.25, 0.3) is 0 Å². The number of anilines is 1. The number of hydrogen-bond donors (Lipinski definition) is 3. The fourth-order valence-electron chi connectivity index (χ4n) is 2.93. The SMILES string of the molecule is CC1(C)CC(N=C(NC#N)Nc2ccccc2Cl)C(C)(C)N1O. The van der Waals surface area contributed by atoms with Gasteiger partial charge in [-0.15, -0.1) is 0 Å². The molecule has 1 atom stereocenters. The van der Waals surface area contributed by atoms with E-state index in [1.807, 2.05) is 46.0 Å². The Labute approximate surface area is 141 Å². The molecule has 1 fully saturated rings. The van der Waals surface area contributed by atoms with Crippen LogP contribution in [0.5, 0.6) is 0 Å². The summed E-state index contributed by atoms with van der Waals surface area (Å²) in [6.07, 6.45) is 2.54. The van der Waals surface area contributed by atoms with E-state index in [9.17, 15) is 5.21 Å². The molecule has 1 unspecified atom stereocenters. The van der Waals surface area contributed by atoms with Gasteiger partial charge in [0.15, 0.2) is 6.19 Å². The molecule has 23 heavy (non-hydrogen) atoms. The number of halogens is 1. The third kappa shape index (κ3) is 3.58. The molecule has 1 aliphatic rings. The van der Waals surface area contributed by atoms with E-state index in [1.54, 1.807) is 12.1 Å². The van der Waals surface area contributed by atoms with Gasteiger partial charge in [0.05, 0.1) is 22.3 Å². The number of rotatable bonds is 2. The normalized spacial score (nSPS) is 23.3. The van der Waals surface area contributed by atoms with Gasteiger partial charge in [-0.25, -0.2) is 4.99 Å². The Kier molecular flexibility index (Phi) is 4.85. The maximum absolute atomic E-state index is 10.4. The molecule has 1 aromatic carbocycles. The van der Waals surface area contributed by atoms with Crippen molar-refractivity contribution in [1.82, 2.24) is 10.4 Å². The number of nitrogens with one attached hydrogen (secondary N) is 2. The molecule has 124 valence electrons. The average Bonchev–Trinajstić information content (AvgIpc) is 2.62. The molecular weight excluding hydrogens is 314 g/mol. The number of hydroxylamine groups is 2. The molecule has 1 saturated heterocycles. The number of hydrogen-bond acceptors (Lipinski definition) is 4. The lowest BCUT2D eigenvalue weighted by Crippen LogP contribution is -2.48. The van der Waals surface area contributed by atoms with E-state index in [-0.39, 0.29) is 11.6 Å². The van der Waals surface area contributed by atoms with Crippen LogP contribution >= 0.6 is 11.6 Å². The lowest BCUT2D eigenvalue weighted by Gasteiger charge is -2.35. The molecule has 7 heteroatoms. The molecule has 1 heterocycles. The van der Waals surface area contributed by atoms with Crippen LogP contribution in [-0.4, -0.2) is 33.3 Å². The summed E-state index contributed by atoms with van der Waals surface area (Å²) >= 11 is 6.13. The Bertz CT molecular complexity index is 650. The van der Waals surface area contributed by atoms with Crippen molar-refractivity contribution in [2.24, 2.45) is 4.99 Å². The Morgan fingerprint density at radius 3 is 2.57 bits per heavy atom. The van der Waals surface area contributed by atoms with E-state index in [1.165, 1.54) is 5.06 Å². The predicted octanol–water partition coefficient (Wildman–Crippen LogP) is 3.20. The minimum absolute atomic E-state index is 0.187. The van der Waals surface area contributed by atoms with Crippen molar-refractivity contribution in [1.29, 1.82) is 5.26 Å². The zero-order valence-electron chi connectivity index (χ0n) is 13.8. The molecule has 0 amide bonds. The topological polar surface area (TPSA) is 83.7 Å². The molecule has 1 aliphatic heterocycles. The lowest BCUT2D eigenvalue weighted by atomic mass is 9.95. The summed E-state index contributed by atoms with van der Waals surface area (Å²) in [6, 6.07) is 7.04. The highest BCUT2D eigenvalue weighted by Crippen LogP contribution is 2.40. The maximum atomic E-state index is 10.4. The van der Waals surface area contributed by atoms with Crippen molar-refractivity contribution in [2.45, 2.75) is 51.2 Å².